The van der Waals surface area contributed by atoms with Gasteiger partial charge in [-0.1, -0.05) is 12.1 Å². The summed E-state index contributed by atoms with van der Waals surface area (Å²) >= 11 is 0. The van der Waals surface area contributed by atoms with E-state index in [1.807, 2.05) is 0 Å². The van der Waals surface area contributed by atoms with Crippen molar-refractivity contribution in [2.45, 2.75) is 25.3 Å². The second-order valence-corrected chi connectivity index (χ2v) is 4.99. The molecule has 21 heavy (non-hydrogen) atoms. The molecule has 0 radical (unpaired) electrons. The maximum Gasteiger partial charge on any atom is 0.328 e. The monoisotopic (exact) mass is 289 g/mol. The highest BCUT2D eigenvalue weighted by Gasteiger charge is 2.31. The number of piperidine rings is 1. The molecule has 1 aliphatic rings. The Morgan fingerprint density at radius 1 is 1.29 bits per heavy atom. The number of hydrogen-bond donors (Lipinski definition) is 1. The Balaban J connectivity index is 2.06. The van der Waals surface area contributed by atoms with E-state index in [0.29, 0.717) is 13.0 Å². The van der Waals surface area contributed by atoms with E-state index in [2.05, 4.69) is 0 Å². The van der Waals surface area contributed by atoms with Crippen molar-refractivity contribution >= 4 is 18.0 Å². The van der Waals surface area contributed by atoms with Crippen LogP contribution >= 0.6 is 0 Å². The molecule has 0 bridgehead atoms. The zero-order chi connectivity index (χ0) is 15.2. The van der Waals surface area contributed by atoms with Gasteiger partial charge in [-0.3, -0.25) is 4.79 Å². The van der Waals surface area contributed by atoms with Crippen LogP contribution in [0, 0.1) is 0 Å². The Hall–Kier alpha value is -2.30. The van der Waals surface area contributed by atoms with Gasteiger partial charge in [0, 0.05) is 12.6 Å². The number of phenols is 1. The molecule has 1 aromatic rings. The standard InChI is InChI=1S/C16H19NO4/c1-21-16(20)14-4-2-3-11-17(14)15(19)10-7-12-5-8-13(18)9-6-12/h5-10,14,18H,2-4,11H2,1H3/b10-7+/t14-/m1/s1. The minimum atomic E-state index is -0.485. The number of phenolic OH excluding ortho intramolecular Hbond substituents is 1. The number of hydrogen-bond acceptors (Lipinski definition) is 4. The highest BCUT2D eigenvalue weighted by Crippen LogP contribution is 2.19. The first-order valence-corrected chi connectivity index (χ1v) is 6.97. The molecule has 1 N–H and O–H groups in total. The predicted octanol–water partition coefficient (Wildman–Crippen LogP) is 1.96. The second kappa shape index (κ2) is 6.92. The molecule has 0 aliphatic carbocycles. The number of benzene rings is 1. The minimum absolute atomic E-state index is 0.181. The lowest BCUT2D eigenvalue weighted by Gasteiger charge is -2.32. The summed E-state index contributed by atoms with van der Waals surface area (Å²) in [6.45, 7) is 0.568. The van der Waals surface area contributed by atoms with Gasteiger partial charge in [0.05, 0.1) is 7.11 Å². The number of carbonyl (C=O) groups is 2. The summed E-state index contributed by atoms with van der Waals surface area (Å²) in [7, 11) is 1.34. The largest absolute Gasteiger partial charge is 0.508 e. The highest BCUT2D eigenvalue weighted by atomic mass is 16.5. The number of aromatic hydroxyl groups is 1. The van der Waals surface area contributed by atoms with Crippen molar-refractivity contribution < 1.29 is 19.4 Å². The van der Waals surface area contributed by atoms with Crippen LogP contribution in [0.1, 0.15) is 24.8 Å². The van der Waals surface area contributed by atoms with E-state index >= 15 is 0 Å². The Bertz CT molecular complexity index is 536. The van der Waals surface area contributed by atoms with E-state index in [4.69, 9.17) is 4.74 Å². The summed E-state index contributed by atoms with van der Waals surface area (Å²) in [4.78, 5) is 25.5. The first-order valence-electron chi connectivity index (χ1n) is 6.97. The van der Waals surface area contributed by atoms with Gasteiger partial charge in [-0.05, 0) is 43.0 Å². The number of rotatable bonds is 3. The maximum atomic E-state index is 12.3. The predicted molar refractivity (Wildman–Crippen MR) is 78.5 cm³/mol. The Morgan fingerprint density at radius 3 is 2.67 bits per heavy atom. The van der Waals surface area contributed by atoms with Crippen LogP contribution in [-0.4, -0.2) is 41.6 Å². The van der Waals surface area contributed by atoms with E-state index in [1.165, 1.54) is 13.2 Å². The van der Waals surface area contributed by atoms with Gasteiger partial charge in [0.15, 0.2) is 0 Å². The fraction of sp³-hybridized carbons (Fsp3) is 0.375. The molecule has 5 nitrogen and oxygen atoms in total. The molecule has 1 amide bonds. The number of likely N-dealkylation sites (tertiary alicyclic amines) is 1. The van der Waals surface area contributed by atoms with Gasteiger partial charge in [-0.15, -0.1) is 0 Å². The summed E-state index contributed by atoms with van der Waals surface area (Å²) < 4.78 is 4.76. The molecule has 1 fully saturated rings. The van der Waals surface area contributed by atoms with Crippen molar-refractivity contribution in [2.24, 2.45) is 0 Å². The number of methoxy groups -OCH3 is 1. The first-order chi connectivity index (χ1) is 10.1. The smallest absolute Gasteiger partial charge is 0.328 e. The number of amides is 1. The van der Waals surface area contributed by atoms with Crippen LogP contribution in [-0.2, 0) is 14.3 Å². The average Bonchev–Trinajstić information content (AvgIpc) is 2.53. The van der Waals surface area contributed by atoms with E-state index in [1.54, 1.807) is 35.2 Å². The summed E-state index contributed by atoms with van der Waals surface area (Å²) in [6.07, 6.45) is 5.58. The van der Waals surface area contributed by atoms with Gasteiger partial charge in [0.1, 0.15) is 11.8 Å². The third kappa shape index (κ3) is 3.84. The summed E-state index contributed by atoms with van der Waals surface area (Å²) in [5.74, 6) is -0.375. The number of carbonyl (C=O) groups excluding carboxylic acids is 2. The quantitative estimate of drug-likeness (QED) is 0.682. The van der Waals surface area contributed by atoms with Crippen LogP contribution in [0.25, 0.3) is 6.08 Å². The number of esters is 1. The SMILES string of the molecule is COC(=O)[C@H]1CCCCN1C(=O)/C=C/c1ccc(O)cc1. The zero-order valence-corrected chi connectivity index (χ0v) is 12.0. The Morgan fingerprint density at radius 2 is 2.00 bits per heavy atom. The van der Waals surface area contributed by atoms with Gasteiger partial charge in [-0.2, -0.15) is 0 Å². The molecule has 1 atom stereocenters. The Labute approximate surface area is 123 Å². The Kier molecular flexibility index (Phi) is 4.98. The van der Waals surface area contributed by atoms with Crippen LogP contribution in [0.3, 0.4) is 0 Å². The lowest BCUT2D eigenvalue weighted by Crippen LogP contribution is -2.47. The highest BCUT2D eigenvalue weighted by molar-refractivity contribution is 5.94. The molecule has 0 spiro atoms. The van der Waals surface area contributed by atoms with Crippen LogP contribution in [0.5, 0.6) is 5.75 Å². The normalized spacial score (nSPS) is 18.7. The molecule has 0 saturated carbocycles. The molecule has 0 unspecified atom stereocenters. The molecule has 5 heteroatoms. The molecule has 1 aliphatic heterocycles. The summed E-state index contributed by atoms with van der Waals surface area (Å²) in [5.41, 5.74) is 0.813. The van der Waals surface area contributed by atoms with Crippen LogP contribution in [0.2, 0.25) is 0 Å². The van der Waals surface area contributed by atoms with Gasteiger partial charge in [-0.25, -0.2) is 4.79 Å². The van der Waals surface area contributed by atoms with Gasteiger partial charge in [0.2, 0.25) is 5.91 Å². The minimum Gasteiger partial charge on any atom is -0.508 e. The van der Waals surface area contributed by atoms with E-state index in [-0.39, 0.29) is 17.6 Å². The first kappa shape index (κ1) is 15.1. The van der Waals surface area contributed by atoms with Crippen molar-refractivity contribution in [1.29, 1.82) is 0 Å². The van der Waals surface area contributed by atoms with Crippen molar-refractivity contribution in [1.82, 2.24) is 4.90 Å². The summed E-state index contributed by atoms with van der Waals surface area (Å²) in [5, 5.41) is 9.21. The zero-order valence-electron chi connectivity index (χ0n) is 12.0. The van der Waals surface area contributed by atoms with E-state index in [9.17, 15) is 14.7 Å². The van der Waals surface area contributed by atoms with Crippen molar-refractivity contribution in [3.05, 3.63) is 35.9 Å². The second-order valence-electron chi connectivity index (χ2n) is 4.99. The molecule has 1 saturated heterocycles. The van der Waals surface area contributed by atoms with Gasteiger partial charge < -0.3 is 14.7 Å². The van der Waals surface area contributed by atoms with E-state index < -0.39 is 6.04 Å². The summed E-state index contributed by atoms with van der Waals surface area (Å²) in [6, 6.07) is 6.06. The lowest BCUT2D eigenvalue weighted by atomic mass is 10.0. The third-order valence-corrected chi connectivity index (χ3v) is 3.57. The third-order valence-electron chi connectivity index (χ3n) is 3.57. The molecular formula is C16H19NO4. The molecule has 2 rings (SSSR count). The molecular weight excluding hydrogens is 270 g/mol. The van der Waals surface area contributed by atoms with Crippen LogP contribution < -0.4 is 0 Å². The molecule has 1 aromatic carbocycles. The molecule has 1 heterocycles. The van der Waals surface area contributed by atoms with E-state index in [0.717, 1.165) is 18.4 Å². The van der Waals surface area contributed by atoms with Gasteiger partial charge in [0.25, 0.3) is 0 Å². The fourth-order valence-electron chi connectivity index (χ4n) is 2.43. The fourth-order valence-corrected chi connectivity index (χ4v) is 2.43. The number of nitrogens with zero attached hydrogens (tertiary/aromatic N) is 1. The van der Waals surface area contributed by atoms with Crippen molar-refractivity contribution in [3.8, 4) is 5.75 Å². The lowest BCUT2D eigenvalue weighted by molar-refractivity contribution is -0.153. The van der Waals surface area contributed by atoms with Crippen molar-refractivity contribution in [3.63, 3.8) is 0 Å². The maximum absolute atomic E-state index is 12.3. The van der Waals surface area contributed by atoms with Crippen LogP contribution in [0.15, 0.2) is 30.3 Å². The topological polar surface area (TPSA) is 66.8 Å². The molecule has 0 aromatic heterocycles. The molecule has 112 valence electrons. The number of ether oxygens (including phenoxy) is 1. The van der Waals surface area contributed by atoms with Crippen LogP contribution in [0.4, 0.5) is 0 Å². The van der Waals surface area contributed by atoms with Crippen molar-refractivity contribution in [2.75, 3.05) is 13.7 Å². The average molecular weight is 289 g/mol. The van der Waals surface area contributed by atoms with Gasteiger partial charge >= 0.3 is 5.97 Å².